The van der Waals surface area contributed by atoms with Gasteiger partial charge in [0.15, 0.2) is 0 Å². The van der Waals surface area contributed by atoms with E-state index in [9.17, 15) is 4.79 Å². The van der Waals surface area contributed by atoms with Gasteiger partial charge < -0.3 is 0 Å². The van der Waals surface area contributed by atoms with E-state index in [4.69, 9.17) is 0 Å². The van der Waals surface area contributed by atoms with Gasteiger partial charge in [-0.3, -0.25) is 4.79 Å². The molecule has 0 N–H and O–H groups in total. The first-order valence-corrected chi connectivity index (χ1v) is 6.06. The zero-order valence-corrected chi connectivity index (χ0v) is 8.91. The van der Waals surface area contributed by atoms with Crippen LogP contribution >= 0.6 is 11.8 Å². The molecular weight excluding hydrogens is 208 g/mol. The van der Waals surface area contributed by atoms with Gasteiger partial charge in [-0.25, -0.2) is 5.01 Å². The summed E-state index contributed by atoms with van der Waals surface area (Å²) >= 11 is 1.79. The monoisotopic (exact) mass is 218 g/mol. The minimum atomic E-state index is 0.0372. The van der Waals surface area contributed by atoms with Crippen LogP contribution < -0.4 is 5.01 Å². The van der Waals surface area contributed by atoms with E-state index in [2.05, 4.69) is 5.10 Å². The van der Waals surface area contributed by atoms with Crippen LogP contribution in [0.25, 0.3) is 0 Å². The molecule has 1 fully saturated rings. The van der Waals surface area contributed by atoms with Gasteiger partial charge in [-0.05, 0) is 12.1 Å². The van der Waals surface area contributed by atoms with Gasteiger partial charge in [0, 0.05) is 11.5 Å². The molecule has 3 nitrogen and oxygen atoms in total. The van der Waals surface area contributed by atoms with Crippen LogP contribution in [0.5, 0.6) is 0 Å². The summed E-state index contributed by atoms with van der Waals surface area (Å²) in [6.45, 7) is 0. The van der Waals surface area contributed by atoms with Crippen molar-refractivity contribution < 1.29 is 4.79 Å². The molecule has 1 saturated heterocycles. The van der Waals surface area contributed by atoms with Gasteiger partial charge >= 0.3 is 0 Å². The Balaban J connectivity index is 1.97. The third kappa shape index (κ3) is 1.36. The Kier molecular flexibility index (Phi) is 2.02. The molecule has 0 radical (unpaired) electrons. The molecule has 15 heavy (non-hydrogen) atoms. The number of carbonyl (C=O) groups is 1. The molecule has 1 unspecified atom stereocenters. The van der Waals surface area contributed by atoms with E-state index in [1.165, 1.54) is 0 Å². The van der Waals surface area contributed by atoms with Crippen molar-refractivity contribution in [2.75, 3.05) is 16.5 Å². The van der Waals surface area contributed by atoms with Crippen molar-refractivity contribution in [3.8, 4) is 0 Å². The summed E-state index contributed by atoms with van der Waals surface area (Å²) in [5, 5.41) is 5.92. The number of hydrogen-bond donors (Lipinski definition) is 0. The van der Waals surface area contributed by atoms with Crippen LogP contribution in [0.2, 0.25) is 0 Å². The van der Waals surface area contributed by atoms with Gasteiger partial charge in [0.2, 0.25) is 0 Å². The highest BCUT2D eigenvalue weighted by atomic mass is 32.2. The number of fused-ring (bicyclic) bond motifs is 1. The van der Waals surface area contributed by atoms with Crippen molar-refractivity contribution in [3.05, 3.63) is 30.3 Å². The van der Waals surface area contributed by atoms with Crippen molar-refractivity contribution >= 4 is 29.1 Å². The SMILES string of the molecule is O=C1C2CSCC2=NN1c1ccccc1. The van der Waals surface area contributed by atoms with Crippen molar-refractivity contribution in [1.29, 1.82) is 0 Å². The molecule has 4 heteroatoms. The number of anilines is 1. The standard InChI is InChI=1S/C11H10N2OS/c14-11-9-6-15-7-10(9)12-13(11)8-4-2-1-3-5-8/h1-5,9H,6-7H2. The van der Waals surface area contributed by atoms with Gasteiger partial charge in [-0.2, -0.15) is 16.9 Å². The lowest BCUT2D eigenvalue weighted by molar-refractivity contribution is -0.119. The maximum atomic E-state index is 12.0. The smallest absolute Gasteiger partial charge is 0.257 e. The van der Waals surface area contributed by atoms with Crippen LogP contribution in [-0.2, 0) is 4.79 Å². The van der Waals surface area contributed by atoms with Gasteiger partial charge in [0.05, 0.1) is 17.3 Å². The molecule has 2 aliphatic rings. The number of hydrazone groups is 1. The molecule has 3 rings (SSSR count). The molecule has 0 aromatic heterocycles. The number of nitrogens with zero attached hydrogens (tertiary/aromatic N) is 2. The number of hydrogen-bond acceptors (Lipinski definition) is 3. The second-order valence-corrected chi connectivity index (χ2v) is 4.67. The fourth-order valence-corrected chi connectivity index (χ4v) is 3.03. The molecule has 1 atom stereocenters. The normalized spacial score (nSPS) is 24.3. The molecule has 2 aliphatic heterocycles. The Labute approximate surface area is 92.2 Å². The zero-order chi connectivity index (χ0) is 10.3. The average Bonchev–Trinajstić information content (AvgIpc) is 2.83. The van der Waals surface area contributed by atoms with E-state index in [1.807, 2.05) is 30.3 Å². The summed E-state index contributed by atoms with van der Waals surface area (Å²) in [4.78, 5) is 12.0. The van der Waals surface area contributed by atoms with Crippen LogP contribution in [0.1, 0.15) is 0 Å². The van der Waals surface area contributed by atoms with Crippen LogP contribution in [0.15, 0.2) is 35.4 Å². The van der Waals surface area contributed by atoms with E-state index in [0.29, 0.717) is 0 Å². The summed E-state index contributed by atoms with van der Waals surface area (Å²) in [5.74, 6) is 1.96. The number of carbonyl (C=O) groups excluding carboxylic acids is 1. The lowest BCUT2D eigenvalue weighted by Crippen LogP contribution is -2.27. The summed E-state index contributed by atoms with van der Waals surface area (Å²) in [6.07, 6.45) is 0. The molecular formula is C11H10N2OS. The molecule has 1 aromatic carbocycles. The van der Waals surface area contributed by atoms with Crippen molar-refractivity contribution in [1.82, 2.24) is 0 Å². The summed E-state index contributed by atoms with van der Waals surface area (Å²) in [7, 11) is 0. The fourth-order valence-electron chi connectivity index (χ4n) is 1.87. The zero-order valence-electron chi connectivity index (χ0n) is 8.09. The first kappa shape index (κ1) is 8.97. The average molecular weight is 218 g/mol. The predicted octanol–water partition coefficient (Wildman–Crippen LogP) is 1.75. The van der Waals surface area contributed by atoms with E-state index in [0.717, 1.165) is 22.9 Å². The lowest BCUT2D eigenvalue weighted by Gasteiger charge is -2.12. The third-order valence-electron chi connectivity index (χ3n) is 2.67. The van der Waals surface area contributed by atoms with Crippen molar-refractivity contribution in [2.45, 2.75) is 0 Å². The Bertz CT molecular complexity index is 429. The number of thioether (sulfide) groups is 1. The largest absolute Gasteiger partial charge is 0.272 e. The van der Waals surface area contributed by atoms with Crippen LogP contribution in [-0.4, -0.2) is 23.1 Å². The predicted molar refractivity (Wildman–Crippen MR) is 62.2 cm³/mol. The topological polar surface area (TPSA) is 32.7 Å². The maximum Gasteiger partial charge on any atom is 0.257 e. The minimum absolute atomic E-state index is 0.0372. The number of amides is 1. The highest BCUT2D eigenvalue weighted by Gasteiger charge is 2.39. The molecule has 1 amide bonds. The molecule has 0 bridgehead atoms. The van der Waals surface area contributed by atoms with Crippen LogP contribution in [0.4, 0.5) is 5.69 Å². The summed E-state index contributed by atoms with van der Waals surface area (Å²) in [6, 6.07) is 9.61. The van der Waals surface area contributed by atoms with Gasteiger partial charge in [0.25, 0.3) is 5.91 Å². The van der Waals surface area contributed by atoms with Crippen LogP contribution in [0.3, 0.4) is 0 Å². The Morgan fingerprint density at radius 1 is 1.33 bits per heavy atom. The number of para-hydroxylation sites is 1. The highest BCUT2D eigenvalue weighted by Crippen LogP contribution is 2.31. The summed E-state index contributed by atoms with van der Waals surface area (Å²) < 4.78 is 0. The molecule has 0 aliphatic carbocycles. The van der Waals surface area contributed by atoms with Crippen molar-refractivity contribution in [3.63, 3.8) is 0 Å². The van der Waals surface area contributed by atoms with Gasteiger partial charge in [-0.15, -0.1) is 0 Å². The van der Waals surface area contributed by atoms with E-state index in [-0.39, 0.29) is 11.8 Å². The van der Waals surface area contributed by atoms with Gasteiger partial charge in [0.1, 0.15) is 0 Å². The third-order valence-corrected chi connectivity index (χ3v) is 3.74. The second-order valence-electron chi connectivity index (χ2n) is 3.64. The summed E-state index contributed by atoms with van der Waals surface area (Å²) in [5.41, 5.74) is 1.91. The Hall–Kier alpha value is -1.29. The molecule has 0 spiro atoms. The van der Waals surface area contributed by atoms with E-state index >= 15 is 0 Å². The first-order valence-electron chi connectivity index (χ1n) is 4.90. The van der Waals surface area contributed by atoms with E-state index in [1.54, 1.807) is 16.8 Å². The van der Waals surface area contributed by atoms with Crippen molar-refractivity contribution in [2.24, 2.45) is 11.0 Å². The molecule has 2 heterocycles. The molecule has 0 saturated carbocycles. The second kappa shape index (κ2) is 3.38. The molecule has 76 valence electrons. The lowest BCUT2D eigenvalue weighted by atomic mass is 10.1. The molecule has 1 aromatic rings. The quantitative estimate of drug-likeness (QED) is 0.719. The maximum absolute atomic E-state index is 12.0. The van der Waals surface area contributed by atoms with Gasteiger partial charge in [-0.1, -0.05) is 18.2 Å². The Morgan fingerprint density at radius 3 is 2.87 bits per heavy atom. The van der Waals surface area contributed by atoms with E-state index < -0.39 is 0 Å². The van der Waals surface area contributed by atoms with Crippen LogP contribution in [0, 0.1) is 5.92 Å². The first-order chi connectivity index (χ1) is 7.36. The minimum Gasteiger partial charge on any atom is -0.272 e. The Morgan fingerprint density at radius 2 is 2.13 bits per heavy atom. The highest BCUT2D eigenvalue weighted by molar-refractivity contribution is 8.00. The number of benzene rings is 1. The number of rotatable bonds is 1. The fraction of sp³-hybridized carbons (Fsp3) is 0.273.